The van der Waals surface area contributed by atoms with Gasteiger partial charge in [0.15, 0.2) is 0 Å². The Kier molecular flexibility index (Phi) is 3.11. The summed E-state index contributed by atoms with van der Waals surface area (Å²) in [4.78, 5) is 6.79. The van der Waals surface area contributed by atoms with Gasteiger partial charge < -0.3 is 10.0 Å². The number of nitrogens with zero attached hydrogens (tertiary/aromatic N) is 4. The van der Waals surface area contributed by atoms with Gasteiger partial charge in [-0.3, -0.25) is 4.68 Å². The maximum atomic E-state index is 10.9. The van der Waals surface area contributed by atoms with Crippen LogP contribution >= 0.6 is 0 Å². The van der Waals surface area contributed by atoms with Gasteiger partial charge in [-0.1, -0.05) is 6.92 Å². The molecule has 0 saturated carbocycles. The number of fused-ring (bicyclic) bond motifs is 2. The van der Waals surface area contributed by atoms with Crippen molar-refractivity contribution < 1.29 is 5.11 Å². The van der Waals surface area contributed by atoms with E-state index in [1.54, 1.807) is 6.33 Å². The van der Waals surface area contributed by atoms with Crippen molar-refractivity contribution in [1.82, 2.24) is 19.7 Å². The molecular formula is C13H22N4O. The molecule has 5 heteroatoms. The van der Waals surface area contributed by atoms with E-state index >= 15 is 0 Å². The highest BCUT2D eigenvalue weighted by Gasteiger charge is 2.45. The van der Waals surface area contributed by atoms with Crippen LogP contribution in [-0.4, -0.2) is 50.0 Å². The second-order valence-corrected chi connectivity index (χ2v) is 5.72. The first-order valence-electron chi connectivity index (χ1n) is 7.03. The smallest absolute Gasteiger partial charge is 0.138 e. The second-order valence-electron chi connectivity index (χ2n) is 5.72. The van der Waals surface area contributed by atoms with Crippen LogP contribution in [0.5, 0.6) is 0 Å². The van der Waals surface area contributed by atoms with Crippen molar-refractivity contribution in [3.63, 3.8) is 0 Å². The van der Waals surface area contributed by atoms with E-state index in [0.29, 0.717) is 12.3 Å². The molecule has 5 nitrogen and oxygen atoms in total. The fourth-order valence-corrected chi connectivity index (χ4v) is 3.36. The van der Waals surface area contributed by atoms with Gasteiger partial charge in [0.2, 0.25) is 0 Å². The zero-order valence-electron chi connectivity index (χ0n) is 11.0. The first-order chi connectivity index (χ1) is 8.71. The topological polar surface area (TPSA) is 54.2 Å². The highest BCUT2D eigenvalue weighted by atomic mass is 16.3. The Hall–Kier alpha value is -0.940. The molecule has 2 fully saturated rings. The Balaban J connectivity index is 1.76. The molecule has 0 amide bonds. The first-order valence-corrected chi connectivity index (χ1v) is 7.03. The Morgan fingerprint density at radius 1 is 1.50 bits per heavy atom. The molecule has 0 radical (unpaired) electrons. The molecule has 2 saturated heterocycles. The van der Waals surface area contributed by atoms with Crippen LogP contribution in [0.2, 0.25) is 0 Å². The van der Waals surface area contributed by atoms with Crippen LogP contribution in [0.1, 0.15) is 32.0 Å². The average molecular weight is 250 g/mol. The molecular weight excluding hydrogens is 228 g/mol. The van der Waals surface area contributed by atoms with E-state index in [9.17, 15) is 5.11 Å². The van der Waals surface area contributed by atoms with E-state index in [1.165, 1.54) is 0 Å². The van der Waals surface area contributed by atoms with Crippen LogP contribution in [0, 0.1) is 5.92 Å². The normalized spacial score (nSPS) is 35.0. The van der Waals surface area contributed by atoms with E-state index in [4.69, 9.17) is 0 Å². The number of hydrogen-bond donors (Lipinski definition) is 1. The summed E-state index contributed by atoms with van der Waals surface area (Å²) in [5, 5.41) is 15.2. The maximum Gasteiger partial charge on any atom is 0.138 e. The number of aryl methyl sites for hydroxylation is 1. The van der Waals surface area contributed by atoms with E-state index in [-0.39, 0.29) is 0 Å². The van der Waals surface area contributed by atoms with E-state index in [1.807, 2.05) is 4.68 Å². The Labute approximate surface area is 108 Å². The van der Waals surface area contributed by atoms with Crippen LogP contribution in [-0.2, 0) is 13.0 Å². The monoisotopic (exact) mass is 250 g/mol. The Bertz CT molecular complexity index is 419. The summed E-state index contributed by atoms with van der Waals surface area (Å²) in [7, 11) is 0. The number of rotatable bonds is 4. The lowest BCUT2D eigenvalue weighted by Gasteiger charge is -2.38. The summed E-state index contributed by atoms with van der Waals surface area (Å²) in [6.07, 6.45) is 5.31. The molecule has 18 heavy (non-hydrogen) atoms. The summed E-state index contributed by atoms with van der Waals surface area (Å²) in [6.45, 7) is 6.25. The van der Waals surface area contributed by atoms with Gasteiger partial charge >= 0.3 is 0 Å². The van der Waals surface area contributed by atoms with Crippen molar-refractivity contribution in [1.29, 1.82) is 0 Å². The largest absolute Gasteiger partial charge is 0.389 e. The quantitative estimate of drug-likeness (QED) is 0.854. The van der Waals surface area contributed by atoms with Gasteiger partial charge in [0, 0.05) is 32.0 Å². The van der Waals surface area contributed by atoms with E-state index in [2.05, 4.69) is 21.9 Å². The third-order valence-electron chi connectivity index (χ3n) is 4.49. The molecule has 0 aliphatic carbocycles. The molecule has 2 bridgehead atoms. The summed E-state index contributed by atoms with van der Waals surface area (Å²) >= 11 is 0. The number of aliphatic hydroxyl groups is 1. The lowest BCUT2D eigenvalue weighted by atomic mass is 9.79. The van der Waals surface area contributed by atoms with Crippen LogP contribution in [0.4, 0.5) is 0 Å². The summed E-state index contributed by atoms with van der Waals surface area (Å²) < 4.78 is 1.94. The molecule has 1 aromatic heterocycles. The van der Waals surface area contributed by atoms with Crippen molar-refractivity contribution in [2.24, 2.45) is 5.92 Å². The number of hydrogen-bond acceptors (Lipinski definition) is 4. The van der Waals surface area contributed by atoms with Gasteiger partial charge in [-0.2, -0.15) is 5.10 Å². The zero-order valence-corrected chi connectivity index (χ0v) is 11.0. The standard InChI is InChI=1S/C13H22N4O/c1-2-5-17-12(14-10-15-17)8-13(18)4-7-16-6-3-11(13)9-16/h10-11,18H,2-9H2,1H3. The third-order valence-corrected chi connectivity index (χ3v) is 4.49. The molecule has 3 rings (SSSR count). The lowest BCUT2D eigenvalue weighted by molar-refractivity contribution is -0.0460. The first kappa shape index (κ1) is 12.1. The fourth-order valence-electron chi connectivity index (χ4n) is 3.36. The van der Waals surface area contributed by atoms with Gasteiger partial charge in [-0.05, 0) is 25.8 Å². The minimum Gasteiger partial charge on any atom is -0.389 e. The van der Waals surface area contributed by atoms with Gasteiger partial charge in [-0.15, -0.1) is 0 Å². The minimum absolute atomic E-state index is 0.415. The van der Waals surface area contributed by atoms with Gasteiger partial charge in [0.05, 0.1) is 5.60 Å². The predicted molar refractivity (Wildman–Crippen MR) is 68.1 cm³/mol. The summed E-state index contributed by atoms with van der Waals surface area (Å²) in [5.41, 5.74) is -0.564. The van der Waals surface area contributed by atoms with Crippen LogP contribution in [0.3, 0.4) is 0 Å². The average Bonchev–Trinajstić information content (AvgIpc) is 2.95. The fraction of sp³-hybridized carbons (Fsp3) is 0.846. The Morgan fingerprint density at radius 3 is 3.22 bits per heavy atom. The number of aromatic nitrogens is 3. The number of piperidine rings is 1. The molecule has 0 aromatic carbocycles. The third kappa shape index (κ3) is 2.06. The summed E-state index contributed by atoms with van der Waals surface area (Å²) in [6, 6.07) is 0. The van der Waals surface area contributed by atoms with E-state index < -0.39 is 5.60 Å². The molecule has 2 aliphatic rings. The highest BCUT2D eigenvalue weighted by molar-refractivity contribution is 5.03. The summed E-state index contributed by atoms with van der Waals surface area (Å²) in [5.74, 6) is 1.36. The molecule has 1 aromatic rings. The molecule has 0 spiro atoms. The molecule has 1 N–H and O–H groups in total. The maximum absolute atomic E-state index is 10.9. The molecule has 3 atom stereocenters. The van der Waals surface area contributed by atoms with Crippen LogP contribution in [0.15, 0.2) is 6.33 Å². The molecule has 100 valence electrons. The van der Waals surface area contributed by atoms with Gasteiger partial charge in [-0.25, -0.2) is 4.98 Å². The van der Waals surface area contributed by atoms with Crippen molar-refractivity contribution >= 4 is 0 Å². The van der Waals surface area contributed by atoms with Crippen LogP contribution in [0.25, 0.3) is 0 Å². The molecule has 2 aliphatic heterocycles. The SMILES string of the molecule is CCCn1ncnc1CC1(O)CCN2CCC1C2. The highest BCUT2D eigenvalue weighted by Crippen LogP contribution is 2.37. The van der Waals surface area contributed by atoms with Crippen molar-refractivity contribution in [3.8, 4) is 0 Å². The minimum atomic E-state index is -0.564. The predicted octanol–water partition coefficient (Wildman–Crippen LogP) is 0.687. The molecule has 3 heterocycles. The second kappa shape index (κ2) is 4.63. The Morgan fingerprint density at radius 2 is 2.39 bits per heavy atom. The lowest BCUT2D eigenvalue weighted by Crippen LogP contribution is -2.48. The van der Waals surface area contributed by atoms with E-state index in [0.717, 1.165) is 51.3 Å². The van der Waals surface area contributed by atoms with Crippen molar-refractivity contribution in [2.45, 2.75) is 44.8 Å². The van der Waals surface area contributed by atoms with Gasteiger partial charge in [0.1, 0.15) is 12.2 Å². The van der Waals surface area contributed by atoms with Crippen molar-refractivity contribution in [2.75, 3.05) is 19.6 Å². The van der Waals surface area contributed by atoms with Crippen molar-refractivity contribution in [3.05, 3.63) is 12.2 Å². The van der Waals surface area contributed by atoms with Gasteiger partial charge in [0.25, 0.3) is 0 Å². The van der Waals surface area contributed by atoms with Crippen LogP contribution < -0.4 is 0 Å². The zero-order chi connectivity index (χ0) is 12.6. The molecule has 3 unspecified atom stereocenters.